The van der Waals surface area contributed by atoms with E-state index in [1.807, 2.05) is 17.9 Å². The second kappa shape index (κ2) is 7.58. The van der Waals surface area contributed by atoms with Crippen LogP contribution in [0, 0.1) is 6.92 Å². The standard InChI is InChI=1S/C18H26N4O2S/c1-14-11-15(24-20-14)12-21-6-8-22(9-7-21)17(23)19-13-18(2,3)16-5-4-10-25-16/h4-5,10-11H,6-9,12-13H2,1-3H3,(H,19,23). The minimum Gasteiger partial charge on any atom is -0.360 e. The Morgan fingerprint density at radius 2 is 2.12 bits per heavy atom. The van der Waals surface area contributed by atoms with Gasteiger partial charge >= 0.3 is 6.03 Å². The fourth-order valence-corrected chi connectivity index (χ4v) is 3.83. The van der Waals surface area contributed by atoms with Crippen LogP contribution < -0.4 is 5.32 Å². The summed E-state index contributed by atoms with van der Waals surface area (Å²) in [5.41, 5.74) is 0.858. The van der Waals surface area contributed by atoms with E-state index in [-0.39, 0.29) is 11.4 Å². The predicted octanol–water partition coefficient (Wildman–Crippen LogP) is 2.85. The molecular weight excluding hydrogens is 336 g/mol. The van der Waals surface area contributed by atoms with Gasteiger partial charge in [0.1, 0.15) is 0 Å². The molecule has 1 fully saturated rings. The maximum Gasteiger partial charge on any atom is 0.317 e. The molecule has 0 aromatic carbocycles. The Balaban J connectivity index is 1.44. The molecule has 1 saturated heterocycles. The lowest BCUT2D eigenvalue weighted by molar-refractivity contribution is 0.127. The van der Waals surface area contributed by atoms with Crippen LogP contribution in [0.1, 0.15) is 30.2 Å². The van der Waals surface area contributed by atoms with E-state index in [1.165, 1.54) is 4.88 Å². The van der Waals surface area contributed by atoms with Crippen molar-refractivity contribution < 1.29 is 9.32 Å². The first-order valence-corrected chi connectivity index (χ1v) is 9.53. The Labute approximate surface area is 152 Å². The molecule has 2 aromatic rings. The molecule has 1 aliphatic rings. The van der Waals surface area contributed by atoms with Crippen LogP contribution in [-0.4, -0.2) is 53.7 Å². The van der Waals surface area contributed by atoms with Gasteiger partial charge in [-0.2, -0.15) is 0 Å². The second-order valence-corrected chi connectivity index (χ2v) is 8.17. The number of amides is 2. The molecule has 7 heteroatoms. The van der Waals surface area contributed by atoms with Crippen molar-refractivity contribution in [2.24, 2.45) is 0 Å². The van der Waals surface area contributed by atoms with E-state index in [1.54, 1.807) is 11.3 Å². The zero-order chi connectivity index (χ0) is 17.9. The van der Waals surface area contributed by atoms with Gasteiger partial charge in [0.05, 0.1) is 12.2 Å². The molecule has 136 valence electrons. The van der Waals surface area contributed by atoms with Crippen LogP contribution in [-0.2, 0) is 12.0 Å². The maximum atomic E-state index is 12.5. The first-order chi connectivity index (χ1) is 11.9. The monoisotopic (exact) mass is 362 g/mol. The number of carbonyl (C=O) groups is 1. The minimum absolute atomic E-state index is 0.0276. The summed E-state index contributed by atoms with van der Waals surface area (Å²) >= 11 is 1.73. The molecule has 1 aliphatic heterocycles. The molecule has 6 nitrogen and oxygen atoms in total. The van der Waals surface area contributed by atoms with E-state index in [0.717, 1.165) is 44.2 Å². The Morgan fingerprint density at radius 1 is 1.36 bits per heavy atom. The molecule has 0 saturated carbocycles. The first kappa shape index (κ1) is 17.9. The summed E-state index contributed by atoms with van der Waals surface area (Å²) in [7, 11) is 0. The number of nitrogens with one attached hydrogen (secondary N) is 1. The number of urea groups is 1. The highest BCUT2D eigenvalue weighted by molar-refractivity contribution is 7.10. The lowest BCUT2D eigenvalue weighted by Crippen LogP contribution is -2.52. The SMILES string of the molecule is Cc1cc(CN2CCN(C(=O)NCC(C)(C)c3cccs3)CC2)on1. The van der Waals surface area contributed by atoms with Gasteiger partial charge in [0, 0.05) is 49.1 Å². The van der Waals surface area contributed by atoms with Gasteiger partial charge in [-0.3, -0.25) is 4.90 Å². The third-order valence-electron chi connectivity index (χ3n) is 4.59. The maximum absolute atomic E-state index is 12.5. The first-order valence-electron chi connectivity index (χ1n) is 8.65. The topological polar surface area (TPSA) is 61.6 Å². The van der Waals surface area contributed by atoms with Crippen LogP contribution in [0.15, 0.2) is 28.1 Å². The van der Waals surface area contributed by atoms with Crippen molar-refractivity contribution in [3.05, 3.63) is 39.9 Å². The number of carbonyl (C=O) groups excluding carboxylic acids is 1. The summed E-state index contributed by atoms with van der Waals surface area (Å²) in [6.07, 6.45) is 0. The summed E-state index contributed by atoms with van der Waals surface area (Å²) in [5, 5.41) is 9.09. The highest BCUT2D eigenvalue weighted by Crippen LogP contribution is 2.26. The Hall–Kier alpha value is -1.86. The van der Waals surface area contributed by atoms with Crippen molar-refractivity contribution in [1.82, 2.24) is 20.3 Å². The van der Waals surface area contributed by atoms with Crippen molar-refractivity contribution in [1.29, 1.82) is 0 Å². The van der Waals surface area contributed by atoms with Crippen LogP contribution in [0.3, 0.4) is 0 Å². The van der Waals surface area contributed by atoms with E-state index in [0.29, 0.717) is 6.54 Å². The second-order valence-electron chi connectivity index (χ2n) is 7.22. The summed E-state index contributed by atoms with van der Waals surface area (Å²) in [6, 6.07) is 6.17. The van der Waals surface area contributed by atoms with E-state index in [2.05, 4.69) is 46.7 Å². The summed E-state index contributed by atoms with van der Waals surface area (Å²) in [5.74, 6) is 0.882. The average molecular weight is 362 g/mol. The van der Waals surface area contributed by atoms with Gasteiger partial charge in [-0.25, -0.2) is 4.79 Å². The van der Waals surface area contributed by atoms with Crippen LogP contribution >= 0.6 is 11.3 Å². The zero-order valence-electron chi connectivity index (χ0n) is 15.1. The molecule has 25 heavy (non-hydrogen) atoms. The molecule has 0 aliphatic carbocycles. The minimum atomic E-state index is -0.0458. The molecule has 0 unspecified atom stereocenters. The van der Waals surface area contributed by atoms with Gasteiger partial charge in [0.15, 0.2) is 5.76 Å². The number of hydrogen-bond donors (Lipinski definition) is 1. The number of piperazine rings is 1. The molecule has 1 N–H and O–H groups in total. The fraction of sp³-hybridized carbons (Fsp3) is 0.556. The highest BCUT2D eigenvalue weighted by atomic mass is 32.1. The molecule has 0 atom stereocenters. The van der Waals surface area contributed by atoms with Gasteiger partial charge in [-0.1, -0.05) is 25.1 Å². The largest absolute Gasteiger partial charge is 0.360 e. The molecule has 0 bridgehead atoms. The zero-order valence-corrected chi connectivity index (χ0v) is 15.9. The van der Waals surface area contributed by atoms with Crippen molar-refractivity contribution in [3.63, 3.8) is 0 Å². The molecule has 3 heterocycles. The fourth-order valence-electron chi connectivity index (χ4n) is 2.98. The molecule has 0 radical (unpaired) electrons. The number of thiophene rings is 1. The van der Waals surface area contributed by atoms with Crippen molar-refractivity contribution in [2.45, 2.75) is 32.7 Å². The predicted molar refractivity (Wildman–Crippen MR) is 98.8 cm³/mol. The third kappa shape index (κ3) is 4.61. The lowest BCUT2D eigenvalue weighted by atomic mass is 9.91. The van der Waals surface area contributed by atoms with Crippen LogP contribution in [0.2, 0.25) is 0 Å². The van der Waals surface area contributed by atoms with Crippen molar-refractivity contribution >= 4 is 17.4 Å². The highest BCUT2D eigenvalue weighted by Gasteiger charge is 2.26. The third-order valence-corrected chi connectivity index (χ3v) is 5.82. The van der Waals surface area contributed by atoms with E-state index < -0.39 is 0 Å². The van der Waals surface area contributed by atoms with E-state index in [4.69, 9.17) is 4.52 Å². The molecule has 0 spiro atoms. The number of aryl methyl sites for hydroxylation is 1. The quantitative estimate of drug-likeness (QED) is 0.888. The summed E-state index contributed by atoms with van der Waals surface area (Å²) < 4.78 is 5.27. The molecule has 2 aromatic heterocycles. The van der Waals surface area contributed by atoms with Gasteiger partial charge in [0.25, 0.3) is 0 Å². The van der Waals surface area contributed by atoms with Crippen molar-refractivity contribution in [2.75, 3.05) is 32.7 Å². The molecule has 3 rings (SSSR count). The number of nitrogens with zero attached hydrogens (tertiary/aromatic N) is 3. The molecular formula is C18H26N4O2S. The Kier molecular flexibility index (Phi) is 5.44. The smallest absolute Gasteiger partial charge is 0.317 e. The van der Waals surface area contributed by atoms with E-state index in [9.17, 15) is 4.79 Å². The lowest BCUT2D eigenvalue weighted by Gasteiger charge is -2.35. The molecule has 2 amide bonds. The van der Waals surface area contributed by atoms with Crippen LogP contribution in [0.5, 0.6) is 0 Å². The van der Waals surface area contributed by atoms with Gasteiger partial charge in [-0.05, 0) is 18.4 Å². The Bertz CT molecular complexity index is 688. The van der Waals surface area contributed by atoms with E-state index >= 15 is 0 Å². The van der Waals surface area contributed by atoms with Gasteiger partial charge < -0.3 is 14.7 Å². The number of aromatic nitrogens is 1. The van der Waals surface area contributed by atoms with Crippen LogP contribution in [0.25, 0.3) is 0 Å². The number of hydrogen-bond acceptors (Lipinski definition) is 5. The average Bonchev–Trinajstić information content (AvgIpc) is 3.26. The van der Waals surface area contributed by atoms with Gasteiger partial charge in [-0.15, -0.1) is 11.3 Å². The number of rotatable bonds is 5. The normalized spacial score (nSPS) is 16.2. The summed E-state index contributed by atoms with van der Waals surface area (Å²) in [4.78, 5) is 17.9. The van der Waals surface area contributed by atoms with Crippen molar-refractivity contribution in [3.8, 4) is 0 Å². The summed E-state index contributed by atoms with van der Waals surface area (Å²) in [6.45, 7) is 10.8. The van der Waals surface area contributed by atoms with Crippen LogP contribution in [0.4, 0.5) is 4.79 Å². The Morgan fingerprint density at radius 3 is 2.72 bits per heavy atom. The van der Waals surface area contributed by atoms with Gasteiger partial charge in [0.2, 0.25) is 0 Å².